The number of carbonyl (C=O) groups is 1. The van der Waals surface area contributed by atoms with E-state index in [2.05, 4.69) is 27.5 Å². The molecule has 0 spiro atoms. The lowest BCUT2D eigenvalue weighted by Gasteiger charge is -2.10. The molecule has 0 radical (unpaired) electrons. The normalized spacial score (nSPS) is 12.3. The lowest BCUT2D eigenvalue weighted by atomic mass is 10.1. The number of hydrogen-bond acceptors (Lipinski definition) is 4. The van der Waals surface area contributed by atoms with Gasteiger partial charge >= 0.3 is 5.97 Å². The van der Waals surface area contributed by atoms with Gasteiger partial charge in [-0.2, -0.15) is 0 Å². The van der Waals surface area contributed by atoms with Crippen LogP contribution in [-0.2, 0) is 9.53 Å². The fraction of sp³-hybridized carbons (Fsp3) is 0.286. The first-order chi connectivity index (χ1) is 9.15. The number of ether oxygens (including phenoxy) is 1. The van der Waals surface area contributed by atoms with Gasteiger partial charge in [-0.25, -0.2) is 4.98 Å². The number of esters is 1. The molecule has 0 saturated carbocycles. The summed E-state index contributed by atoms with van der Waals surface area (Å²) in [6, 6.07) is 5.89. The van der Waals surface area contributed by atoms with Crippen LogP contribution in [0.25, 0.3) is 10.2 Å². The molecule has 1 heterocycles. The summed E-state index contributed by atoms with van der Waals surface area (Å²) in [7, 11) is 0. The molecule has 1 unspecified atom stereocenters. The molecule has 1 aromatic heterocycles. The first-order valence-corrected chi connectivity index (χ1v) is 7.60. The molecule has 2 aromatic rings. The number of carbonyl (C=O) groups excluding carboxylic acids is 1. The molecular formula is C14H14BrNO2S. The van der Waals surface area contributed by atoms with Gasteiger partial charge in [0.25, 0.3) is 0 Å². The van der Waals surface area contributed by atoms with E-state index in [1.807, 2.05) is 18.2 Å². The van der Waals surface area contributed by atoms with E-state index in [0.29, 0.717) is 13.0 Å². The average molecular weight is 340 g/mol. The lowest BCUT2D eigenvalue weighted by molar-refractivity contribution is -0.144. The highest BCUT2D eigenvalue weighted by atomic mass is 79.9. The van der Waals surface area contributed by atoms with Crippen molar-refractivity contribution in [2.24, 2.45) is 0 Å². The maximum atomic E-state index is 12.0. The smallest absolute Gasteiger partial charge is 0.316 e. The molecule has 3 nitrogen and oxygen atoms in total. The molecule has 0 fully saturated rings. The summed E-state index contributed by atoms with van der Waals surface area (Å²) in [4.78, 5) is 16.5. The summed E-state index contributed by atoms with van der Waals surface area (Å²) in [6.07, 6.45) is 2.27. The molecule has 0 amide bonds. The van der Waals surface area contributed by atoms with Crippen molar-refractivity contribution in [2.75, 3.05) is 6.61 Å². The average Bonchev–Trinajstić information content (AvgIpc) is 2.78. The zero-order chi connectivity index (χ0) is 13.8. The minimum atomic E-state index is -0.353. The zero-order valence-corrected chi connectivity index (χ0v) is 13.0. The van der Waals surface area contributed by atoms with Gasteiger partial charge in [0.05, 0.1) is 16.8 Å². The standard InChI is InChI=1S/C14H14BrNO2S/c1-3-5-10(14(17)18-4-2)13-16-11-7-6-9(15)8-12(11)19-13/h3,6-8,10H,1,4-5H2,2H3. The Hall–Kier alpha value is -1.20. The van der Waals surface area contributed by atoms with Gasteiger partial charge in [0.15, 0.2) is 0 Å². The quantitative estimate of drug-likeness (QED) is 0.602. The van der Waals surface area contributed by atoms with Gasteiger partial charge in [0.2, 0.25) is 0 Å². The highest BCUT2D eigenvalue weighted by molar-refractivity contribution is 9.10. The Balaban J connectivity index is 2.38. The molecule has 0 bridgehead atoms. The number of halogens is 1. The molecule has 1 aromatic carbocycles. The third-order valence-corrected chi connectivity index (χ3v) is 4.26. The number of allylic oxidation sites excluding steroid dienone is 1. The Labute approximate surface area is 124 Å². The maximum Gasteiger partial charge on any atom is 0.316 e. The van der Waals surface area contributed by atoms with Gasteiger partial charge in [-0.3, -0.25) is 4.79 Å². The van der Waals surface area contributed by atoms with Crippen molar-refractivity contribution < 1.29 is 9.53 Å². The van der Waals surface area contributed by atoms with Crippen molar-refractivity contribution in [1.82, 2.24) is 4.98 Å². The number of benzene rings is 1. The number of fused-ring (bicyclic) bond motifs is 1. The van der Waals surface area contributed by atoms with Gasteiger partial charge in [-0.05, 0) is 31.5 Å². The van der Waals surface area contributed by atoms with E-state index in [-0.39, 0.29) is 11.9 Å². The van der Waals surface area contributed by atoms with Gasteiger partial charge in [-0.1, -0.05) is 22.0 Å². The van der Waals surface area contributed by atoms with Crippen LogP contribution in [0.2, 0.25) is 0 Å². The fourth-order valence-corrected chi connectivity index (χ4v) is 3.39. The summed E-state index contributed by atoms with van der Waals surface area (Å²) in [6.45, 7) is 5.88. The largest absolute Gasteiger partial charge is 0.465 e. The van der Waals surface area contributed by atoms with Gasteiger partial charge in [0, 0.05) is 4.47 Å². The number of hydrogen-bond donors (Lipinski definition) is 0. The molecule has 0 saturated heterocycles. The van der Waals surface area contributed by atoms with Crippen LogP contribution >= 0.6 is 27.3 Å². The monoisotopic (exact) mass is 339 g/mol. The van der Waals surface area contributed by atoms with Crippen LogP contribution in [-0.4, -0.2) is 17.6 Å². The third kappa shape index (κ3) is 3.22. The van der Waals surface area contributed by atoms with Crippen LogP contribution in [0.3, 0.4) is 0 Å². The Kier molecular flexibility index (Phi) is 4.71. The van der Waals surface area contributed by atoms with Crippen LogP contribution in [0, 0.1) is 0 Å². The Morgan fingerprint density at radius 1 is 1.63 bits per heavy atom. The molecule has 100 valence electrons. The highest BCUT2D eigenvalue weighted by Crippen LogP contribution is 2.32. The maximum absolute atomic E-state index is 12.0. The zero-order valence-electron chi connectivity index (χ0n) is 10.6. The summed E-state index contributed by atoms with van der Waals surface area (Å²) in [5.74, 6) is -0.589. The van der Waals surface area contributed by atoms with E-state index in [1.165, 1.54) is 11.3 Å². The molecule has 0 aliphatic heterocycles. The molecule has 0 aliphatic rings. The second kappa shape index (κ2) is 6.30. The third-order valence-electron chi connectivity index (χ3n) is 2.64. The van der Waals surface area contributed by atoms with Crippen LogP contribution in [0.1, 0.15) is 24.3 Å². The molecular weight excluding hydrogens is 326 g/mol. The lowest BCUT2D eigenvalue weighted by Crippen LogP contribution is -2.15. The molecule has 19 heavy (non-hydrogen) atoms. The van der Waals surface area contributed by atoms with Crippen molar-refractivity contribution in [3.8, 4) is 0 Å². The second-order valence-electron chi connectivity index (χ2n) is 3.99. The SMILES string of the molecule is C=CCC(C(=O)OCC)c1nc2ccc(Br)cc2s1. The molecule has 0 aliphatic carbocycles. The minimum absolute atomic E-state index is 0.236. The summed E-state index contributed by atoms with van der Waals surface area (Å²) < 4.78 is 7.17. The topological polar surface area (TPSA) is 39.2 Å². The van der Waals surface area contributed by atoms with Gasteiger partial charge in [0.1, 0.15) is 10.9 Å². The van der Waals surface area contributed by atoms with E-state index in [0.717, 1.165) is 19.7 Å². The molecule has 2 rings (SSSR count). The summed E-state index contributed by atoms with van der Waals surface area (Å²) >= 11 is 4.96. The number of thiazole rings is 1. The summed E-state index contributed by atoms with van der Waals surface area (Å²) in [5, 5.41) is 0.784. The minimum Gasteiger partial charge on any atom is -0.465 e. The van der Waals surface area contributed by atoms with Crippen molar-refractivity contribution in [3.05, 3.63) is 40.3 Å². The number of rotatable bonds is 5. The number of aromatic nitrogens is 1. The van der Waals surface area contributed by atoms with E-state index < -0.39 is 0 Å². The van der Waals surface area contributed by atoms with Crippen LogP contribution < -0.4 is 0 Å². The Morgan fingerprint density at radius 3 is 3.11 bits per heavy atom. The fourth-order valence-electron chi connectivity index (χ4n) is 1.77. The Morgan fingerprint density at radius 2 is 2.42 bits per heavy atom. The molecule has 1 atom stereocenters. The Bertz CT molecular complexity index is 609. The van der Waals surface area contributed by atoms with Crippen LogP contribution in [0.15, 0.2) is 35.3 Å². The van der Waals surface area contributed by atoms with Gasteiger partial charge in [-0.15, -0.1) is 17.9 Å². The van der Waals surface area contributed by atoms with Crippen molar-refractivity contribution in [1.29, 1.82) is 0 Å². The van der Waals surface area contributed by atoms with Crippen LogP contribution in [0.4, 0.5) is 0 Å². The first-order valence-electron chi connectivity index (χ1n) is 5.99. The predicted octanol–water partition coefficient (Wildman–Crippen LogP) is 4.28. The first kappa shape index (κ1) is 14.2. The predicted molar refractivity (Wildman–Crippen MR) is 81.5 cm³/mol. The van der Waals surface area contributed by atoms with Crippen molar-refractivity contribution >= 4 is 43.5 Å². The summed E-state index contributed by atoms with van der Waals surface area (Å²) in [5.41, 5.74) is 0.904. The van der Waals surface area contributed by atoms with E-state index in [9.17, 15) is 4.79 Å². The van der Waals surface area contributed by atoms with E-state index in [1.54, 1.807) is 13.0 Å². The molecule has 5 heteroatoms. The number of nitrogens with zero attached hydrogens (tertiary/aromatic N) is 1. The highest BCUT2D eigenvalue weighted by Gasteiger charge is 2.24. The van der Waals surface area contributed by atoms with E-state index in [4.69, 9.17) is 4.74 Å². The van der Waals surface area contributed by atoms with Crippen molar-refractivity contribution in [3.63, 3.8) is 0 Å². The molecule has 0 N–H and O–H groups in total. The van der Waals surface area contributed by atoms with Crippen molar-refractivity contribution in [2.45, 2.75) is 19.3 Å². The van der Waals surface area contributed by atoms with Gasteiger partial charge < -0.3 is 4.74 Å². The second-order valence-corrected chi connectivity index (χ2v) is 5.97. The van der Waals surface area contributed by atoms with E-state index >= 15 is 0 Å². The van der Waals surface area contributed by atoms with Crippen LogP contribution in [0.5, 0.6) is 0 Å².